The highest BCUT2D eigenvalue weighted by molar-refractivity contribution is 5.51. The Hall–Kier alpha value is -1.62. The third-order valence-corrected chi connectivity index (χ3v) is 2.89. The molecule has 0 amide bonds. The van der Waals surface area contributed by atoms with Crippen molar-refractivity contribution in [3.05, 3.63) is 23.8 Å². The lowest BCUT2D eigenvalue weighted by atomic mass is 10.0. The van der Waals surface area contributed by atoms with E-state index < -0.39 is 6.10 Å². The van der Waals surface area contributed by atoms with Crippen molar-refractivity contribution in [3.8, 4) is 11.6 Å². The first-order valence-corrected chi connectivity index (χ1v) is 5.69. The van der Waals surface area contributed by atoms with Crippen LogP contribution in [0.3, 0.4) is 0 Å². The summed E-state index contributed by atoms with van der Waals surface area (Å²) in [6, 6.07) is 1.84. The van der Waals surface area contributed by atoms with Gasteiger partial charge in [0.1, 0.15) is 0 Å². The molecule has 2 unspecified atom stereocenters. The Morgan fingerprint density at radius 3 is 2.82 bits per heavy atom. The van der Waals surface area contributed by atoms with Gasteiger partial charge in [-0.2, -0.15) is 4.98 Å². The Bertz CT molecular complexity index is 489. The zero-order valence-corrected chi connectivity index (χ0v) is 10.2. The third kappa shape index (κ3) is 2.24. The average molecular weight is 236 g/mol. The van der Waals surface area contributed by atoms with E-state index in [0.29, 0.717) is 23.9 Å². The fourth-order valence-electron chi connectivity index (χ4n) is 1.63. The largest absolute Gasteiger partial charge is 0.461 e. The van der Waals surface area contributed by atoms with Crippen LogP contribution in [0.25, 0.3) is 11.6 Å². The van der Waals surface area contributed by atoms with Crippen molar-refractivity contribution < 1.29 is 14.0 Å². The second-order valence-electron chi connectivity index (χ2n) is 4.15. The van der Waals surface area contributed by atoms with Gasteiger partial charge in [0, 0.05) is 0 Å². The molecule has 0 saturated heterocycles. The Labute approximate surface area is 99.5 Å². The molecule has 0 bridgehead atoms. The summed E-state index contributed by atoms with van der Waals surface area (Å²) in [7, 11) is 0. The minimum Gasteiger partial charge on any atom is -0.461 e. The number of aryl methyl sites for hydroxylation is 1. The second kappa shape index (κ2) is 4.71. The van der Waals surface area contributed by atoms with Gasteiger partial charge >= 0.3 is 0 Å². The van der Waals surface area contributed by atoms with Crippen LogP contribution in [0.2, 0.25) is 0 Å². The molecule has 17 heavy (non-hydrogen) atoms. The van der Waals surface area contributed by atoms with Gasteiger partial charge in [-0.1, -0.05) is 19.0 Å². The van der Waals surface area contributed by atoms with Crippen molar-refractivity contribution in [1.29, 1.82) is 0 Å². The summed E-state index contributed by atoms with van der Waals surface area (Å²) < 4.78 is 10.4. The van der Waals surface area contributed by atoms with E-state index in [1.807, 2.05) is 26.8 Å². The Morgan fingerprint density at radius 2 is 2.24 bits per heavy atom. The Balaban J connectivity index is 2.25. The predicted molar refractivity (Wildman–Crippen MR) is 61.4 cm³/mol. The van der Waals surface area contributed by atoms with E-state index in [1.54, 1.807) is 6.26 Å². The fraction of sp³-hybridized carbons (Fsp3) is 0.500. The number of hydrogen-bond donors (Lipinski definition) is 1. The number of aliphatic hydroxyl groups is 1. The third-order valence-electron chi connectivity index (χ3n) is 2.89. The van der Waals surface area contributed by atoms with Crippen LogP contribution >= 0.6 is 0 Å². The molecule has 5 nitrogen and oxygen atoms in total. The highest BCUT2D eigenvalue weighted by Crippen LogP contribution is 2.25. The summed E-state index contributed by atoms with van der Waals surface area (Å²) in [5.74, 6) is 1.30. The van der Waals surface area contributed by atoms with Crippen LogP contribution in [-0.2, 0) is 0 Å². The fourth-order valence-corrected chi connectivity index (χ4v) is 1.63. The van der Waals surface area contributed by atoms with Crippen LogP contribution in [0.5, 0.6) is 0 Å². The molecule has 0 aromatic carbocycles. The maximum absolute atomic E-state index is 9.72. The molecule has 5 heteroatoms. The van der Waals surface area contributed by atoms with Gasteiger partial charge in [-0.05, 0) is 25.0 Å². The average Bonchev–Trinajstić information content (AvgIpc) is 2.95. The summed E-state index contributed by atoms with van der Waals surface area (Å²) in [6.45, 7) is 5.69. The molecule has 0 aliphatic carbocycles. The predicted octanol–water partition coefficient (Wildman–Crippen LogP) is 2.51. The van der Waals surface area contributed by atoms with Crippen molar-refractivity contribution in [2.75, 3.05) is 0 Å². The minimum absolute atomic E-state index is 0.170. The molecule has 2 rings (SSSR count). The first kappa shape index (κ1) is 11.9. The Kier molecular flexibility index (Phi) is 3.28. The van der Waals surface area contributed by atoms with Gasteiger partial charge in [0.05, 0.1) is 18.3 Å². The molecular weight excluding hydrogens is 220 g/mol. The van der Waals surface area contributed by atoms with Crippen molar-refractivity contribution in [3.63, 3.8) is 0 Å². The lowest BCUT2D eigenvalue weighted by Crippen LogP contribution is -2.14. The number of nitrogens with zero attached hydrogens (tertiary/aromatic N) is 2. The maximum Gasteiger partial charge on any atom is 0.238 e. The van der Waals surface area contributed by atoms with Gasteiger partial charge in [-0.3, -0.25) is 0 Å². The highest BCUT2D eigenvalue weighted by atomic mass is 16.5. The van der Waals surface area contributed by atoms with E-state index in [0.717, 1.165) is 5.56 Å². The van der Waals surface area contributed by atoms with Crippen LogP contribution in [0, 0.1) is 6.92 Å². The maximum atomic E-state index is 9.72. The van der Waals surface area contributed by atoms with Gasteiger partial charge in [0.2, 0.25) is 11.7 Å². The van der Waals surface area contributed by atoms with Crippen LogP contribution < -0.4 is 0 Å². The number of furan rings is 1. The second-order valence-corrected chi connectivity index (χ2v) is 4.15. The molecule has 0 radical (unpaired) electrons. The number of aliphatic hydroxyl groups excluding tert-OH is 1. The quantitative estimate of drug-likeness (QED) is 0.883. The zero-order valence-electron chi connectivity index (χ0n) is 10.2. The zero-order chi connectivity index (χ0) is 12.4. The summed E-state index contributed by atoms with van der Waals surface area (Å²) >= 11 is 0. The molecule has 0 saturated carbocycles. The molecule has 2 atom stereocenters. The van der Waals surface area contributed by atoms with Crippen molar-refractivity contribution >= 4 is 0 Å². The van der Waals surface area contributed by atoms with E-state index in [-0.39, 0.29) is 5.92 Å². The van der Waals surface area contributed by atoms with Crippen molar-refractivity contribution in [1.82, 2.24) is 10.1 Å². The van der Waals surface area contributed by atoms with Gasteiger partial charge in [-0.15, -0.1) is 0 Å². The van der Waals surface area contributed by atoms with Crippen LogP contribution in [0.1, 0.15) is 37.6 Å². The molecule has 2 heterocycles. The first-order valence-electron chi connectivity index (χ1n) is 5.69. The summed E-state index contributed by atoms with van der Waals surface area (Å²) in [6.07, 6.45) is 1.77. The standard InChI is InChI=1S/C12H16N2O3/c1-4-9(15)8(3)12-13-11(14-17-12)10-7(2)5-6-16-10/h5-6,8-9,15H,4H2,1-3H3. The molecule has 92 valence electrons. The highest BCUT2D eigenvalue weighted by Gasteiger charge is 2.22. The monoisotopic (exact) mass is 236 g/mol. The van der Waals surface area contributed by atoms with E-state index in [9.17, 15) is 5.11 Å². The van der Waals surface area contributed by atoms with Crippen molar-refractivity contribution in [2.45, 2.75) is 39.2 Å². The normalized spacial score (nSPS) is 14.8. The number of hydrogen-bond acceptors (Lipinski definition) is 5. The summed E-state index contributed by atoms with van der Waals surface area (Å²) in [4.78, 5) is 4.25. The molecule has 2 aromatic rings. The van der Waals surface area contributed by atoms with Crippen molar-refractivity contribution in [2.24, 2.45) is 0 Å². The molecule has 0 aliphatic rings. The van der Waals surface area contributed by atoms with E-state index >= 15 is 0 Å². The molecule has 0 spiro atoms. The van der Waals surface area contributed by atoms with Crippen LogP contribution in [0.15, 0.2) is 21.3 Å². The van der Waals surface area contributed by atoms with Gasteiger partial charge in [-0.25, -0.2) is 0 Å². The Morgan fingerprint density at radius 1 is 1.47 bits per heavy atom. The number of rotatable bonds is 4. The lowest BCUT2D eigenvalue weighted by molar-refractivity contribution is 0.129. The van der Waals surface area contributed by atoms with Gasteiger partial charge in [0.25, 0.3) is 0 Å². The summed E-state index contributed by atoms with van der Waals surface area (Å²) in [5, 5.41) is 13.6. The minimum atomic E-state index is -0.471. The summed E-state index contributed by atoms with van der Waals surface area (Å²) in [5.41, 5.74) is 0.959. The van der Waals surface area contributed by atoms with E-state index in [1.165, 1.54) is 0 Å². The van der Waals surface area contributed by atoms with Gasteiger partial charge < -0.3 is 14.0 Å². The van der Waals surface area contributed by atoms with Crippen LogP contribution in [-0.4, -0.2) is 21.4 Å². The lowest BCUT2D eigenvalue weighted by Gasteiger charge is -2.11. The molecular formula is C12H16N2O3. The van der Waals surface area contributed by atoms with Gasteiger partial charge in [0.15, 0.2) is 5.76 Å². The smallest absolute Gasteiger partial charge is 0.238 e. The molecule has 1 N–H and O–H groups in total. The van der Waals surface area contributed by atoms with E-state index in [4.69, 9.17) is 8.94 Å². The molecule has 0 aliphatic heterocycles. The first-order chi connectivity index (χ1) is 8.13. The topological polar surface area (TPSA) is 72.3 Å². The number of aromatic nitrogens is 2. The van der Waals surface area contributed by atoms with Crippen LogP contribution in [0.4, 0.5) is 0 Å². The SMILES string of the molecule is CCC(O)C(C)c1nc(-c2occc2C)no1. The van der Waals surface area contributed by atoms with E-state index in [2.05, 4.69) is 10.1 Å². The molecule has 0 fully saturated rings. The molecule has 2 aromatic heterocycles.